The van der Waals surface area contributed by atoms with E-state index in [1.54, 1.807) is 25.1 Å². The minimum atomic E-state index is -4.92. The Morgan fingerprint density at radius 3 is 2.40 bits per heavy atom. The number of alkyl halides is 3. The van der Waals surface area contributed by atoms with Crippen LogP contribution in [-0.2, 0) is 15.9 Å². The van der Waals surface area contributed by atoms with Gasteiger partial charge in [0.15, 0.2) is 5.54 Å². The molecular formula is C22H19F3N2O3. The van der Waals surface area contributed by atoms with Gasteiger partial charge in [0, 0.05) is 22.9 Å². The average Bonchev–Trinajstić information content (AvgIpc) is 3.25. The fourth-order valence-corrected chi connectivity index (χ4v) is 3.92. The smallest absolute Gasteiger partial charge is 0.425 e. The van der Waals surface area contributed by atoms with E-state index in [1.807, 2.05) is 0 Å². The number of carboxylic acid groups (broad SMARTS) is 1. The first-order valence-electron chi connectivity index (χ1n) is 9.22. The largest absolute Gasteiger partial charge is 0.479 e. The molecule has 0 amide bonds. The molecule has 8 heteroatoms. The molecule has 1 aliphatic rings. The van der Waals surface area contributed by atoms with Gasteiger partial charge >= 0.3 is 12.1 Å². The highest BCUT2D eigenvalue weighted by Crippen LogP contribution is 2.57. The van der Waals surface area contributed by atoms with Crippen LogP contribution in [0.15, 0.2) is 48.8 Å². The van der Waals surface area contributed by atoms with Crippen LogP contribution in [-0.4, -0.2) is 32.1 Å². The third-order valence-electron chi connectivity index (χ3n) is 5.66. The Hall–Kier alpha value is -3.13. The predicted octanol–water partition coefficient (Wildman–Crippen LogP) is 4.46. The SMILES string of the molecule is Cc1cc(-c2cnn(C(C)(C)C(=O)O)c2)c2c(c1)[C@@](O)(C(F)(F)F)c1ccccc1-2. The van der Waals surface area contributed by atoms with Crippen molar-refractivity contribution in [1.82, 2.24) is 9.78 Å². The maximum absolute atomic E-state index is 14.1. The van der Waals surface area contributed by atoms with Gasteiger partial charge < -0.3 is 10.2 Å². The molecule has 156 valence electrons. The molecule has 0 fully saturated rings. The topological polar surface area (TPSA) is 75.4 Å². The Bertz CT molecular complexity index is 1180. The van der Waals surface area contributed by atoms with Crippen molar-refractivity contribution >= 4 is 5.97 Å². The first kappa shape index (κ1) is 20.2. The monoisotopic (exact) mass is 416 g/mol. The molecule has 0 bridgehead atoms. The molecule has 0 saturated carbocycles. The molecule has 30 heavy (non-hydrogen) atoms. The van der Waals surface area contributed by atoms with Crippen LogP contribution >= 0.6 is 0 Å². The highest BCUT2D eigenvalue weighted by molar-refractivity contribution is 5.92. The second-order valence-corrected chi connectivity index (χ2v) is 8.03. The van der Waals surface area contributed by atoms with E-state index < -0.39 is 23.3 Å². The van der Waals surface area contributed by atoms with E-state index in [1.165, 1.54) is 49.1 Å². The molecule has 0 saturated heterocycles. The number of aliphatic hydroxyl groups is 1. The molecule has 5 nitrogen and oxygen atoms in total. The van der Waals surface area contributed by atoms with Crippen LogP contribution in [0, 0.1) is 6.92 Å². The van der Waals surface area contributed by atoms with Crippen molar-refractivity contribution in [2.24, 2.45) is 0 Å². The lowest BCUT2D eigenvalue weighted by Crippen LogP contribution is -2.41. The van der Waals surface area contributed by atoms with Gasteiger partial charge in [0.1, 0.15) is 0 Å². The zero-order chi connectivity index (χ0) is 22.1. The van der Waals surface area contributed by atoms with Gasteiger partial charge in [-0.05, 0) is 37.5 Å². The van der Waals surface area contributed by atoms with E-state index >= 15 is 0 Å². The van der Waals surface area contributed by atoms with Crippen molar-refractivity contribution in [3.63, 3.8) is 0 Å². The highest BCUT2D eigenvalue weighted by Gasteiger charge is 2.61. The molecule has 0 radical (unpaired) electrons. The summed E-state index contributed by atoms with van der Waals surface area (Å²) < 4.78 is 43.5. The number of hydrogen-bond acceptors (Lipinski definition) is 3. The first-order chi connectivity index (χ1) is 13.9. The number of benzene rings is 2. The summed E-state index contributed by atoms with van der Waals surface area (Å²) >= 11 is 0. The molecule has 0 unspecified atom stereocenters. The number of aliphatic carboxylic acids is 1. The Morgan fingerprint density at radius 1 is 1.10 bits per heavy atom. The van der Waals surface area contributed by atoms with Crippen LogP contribution in [0.2, 0.25) is 0 Å². The van der Waals surface area contributed by atoms with Crippen LogP contribution in [0.5, 0.6) is 0 Å². The second-order valence-electron chi connectivity index (χ2n) is 8.03. The third-order valence-corrected chi connectivity index (χ3v) is 5.66. The van der Waals surface area contributed by atoms with Crippen molar-refractivity contribution in [1.29, 1.82) is 0 Å². The molecule has 1 aromatic heterocycles. The minimum Gasteiger partial charge on any atom is -0.479 e. The van der Waals surface area contributed by atoms with Crippen LogP contribution < -0.4 is 0 Å². The summed E-state index contributed by atoms with van der Waals surface area (Å²) in [6.07, 6.45) is -2.00. The van der Waals surface area contributed by atoms with Gasteiger partial charge in [-0.1, -0.05) is 42.0 Å². The second kappa shape index (κ2) is 6.18. The number of halogens is 3. The van der Waals surface area contributed by atoms with Gasteiger partial charge in [0.25, 0.3) is 0 Å². The van der Waals surface area contributed by atoms with Gasteiger partial charge in [-0.3, -0.25) is 4.68 Å². The van der Waals surface area contributed by atoms with E-state index in [0.717, 1.165) is 0 Å². The number of fused-ring (bicyclic) bond motifs is 3. The molecule has 2 aromatic carbocycles. The van der Waals surface area contributed by atoms with Gasteiger partial charge in [0.2, 0.25) is 5.60 Å². The maximum atomic E-state index is 14.1. The fourth-order valence-electron chi connectivity index (χ4n) is 3.92. The number of aryl methyl sites for hydroxylation is 1. The van der Waals surface area contributed by atoms with Crippen molar-refractivity contribution in [3.8, 4) is 22.3 Å². The zero-order valence-corrected chi connectivity index (χ0v) is 16.4. The molecule has 0 spiro atoms. The Balaban J connectivity index is 2.02. The van der Waals surface area contributed by atoms with Crippen molar-refractivity contribution < 1.29 is 28.2 Å². The first-order valence-corrected chi connectivity index (χ1v) is 9.22. The summed E-state index contributed by atoms with van der Waals surface area (Å²) in [5, 5.41) is 24.5. The summed E-state index contributed by atoms with van der Waals surface area (Å²) in [5.74, 6) is -1.09. The molecule has 3 aromatic rings. The number of nitrogens with zero attached hydrogens (tertiary/aromatic N) is 2. The molecule has 1 heterocycles. The van der Waals surface area contributed by atoms with E-state index in [0.29, 0.717) is 16.7 Å². The lowest BCUT2D eigenvalue weighted by molar-refractivity contribution is -0.246. The number of rotatable bonds is 3. The number of hydrogen-bond donors (Lipinski definition) is 2. The summed E-state index contributed by atoms with van der Waals surface area (Å²) in [7, 11) is 0. The lowest BCUT2D eigenvalue weighted by atomic mass is 9.88. The molecule has 1 aliphatic carbocycles. The summed E-state index contributed by atoms with van der Waals surface area (Å²) in [6, 6.07) is 8.96. The number of aromatic nitrogens is 2. The van der Waals surface area contributed by atoms with Crippen LogP contribution in [0.1, 0.15) is 30.5 Å². The summed E-state index contributed by atoms with van der Waals surface area (Å²) in [4.78, 5) is 11.5. The quantitative estimate of drug-likeness (QED) is 0.661. The van der Waals surface area contributed by atoms with E-state index in [4.69, 9.17) is 0 Å². The van der Waals surface area contributed by atoms with E-state index in [9.17, 15) is 28.2 Å². The number of carbonyl (C=O) groups is 1. The minimum absolute atomic E-state index is 0.224. The van der Waals surface area contributed by atoms with Crippen LogP contribution in [0.3, 0.4) is 0 Å². The molecule has 1 atom stereocenters. The van der Waals surface area contributed by atoms with Gasteiger partial charge in [-0.15, -0.1) is 0 Å². The van der Waals surface area contributed by atoms with Crippen molar-refractivity contribution in [3.05, 3.63) is 65.5 Å². The standard InChI is InChI=1S/C22H19F3N2O3/c1-12-8-15(13-10-26-27(11-13)20(2,3)19(28)29)18-14-6-4-5-7-16(14)21(30,17(18)9-12)22(23,24)25/h4-11,30H,1-3H3,(H,28,29)/t21-/m1/s1. The molecule has 0 aliphatic heterocycles. The lowest BCUT2D eigenvalue weighted by Gasteiger charge is -2.28. The van der Waals surface area contributed by atoms with E-state index in [-0.39, 0.29) is 22.3 Å². The third kappa shape index (κ3) is 2.60. The van der Waals surface area contributed by atoms with Crippen molar-refractivity contribution in [2.45, 2.75) is 38.1 Å². The predicted molar refractivity (Wildman–Crippen MR) is 104 cm³/mol. The van der Waals surface area contributed by atoms with Gasteiger partial charge in [0.05, 0.1) is 6.20 Å². The molecule has 4 rings (SSSR count). The fraction of sp³-hybridized carbons (Fsp3) is 0.273. The van der Waals surface area contributed by atoms with Crippen LogP contribution in [0.4, 0.5) is 13.2 Å². The maximum Gasteiger partial charge on any atom is 0.425 e. The van der Waals surface area contributed by atoms with E-state index in [2.05, 4.69) is 5.10 Å². The summed E-state index contributed by atoms with van der Waals surface area (Å²) in [5.41, 5.74) is -2.93. The van der Waals surface area contributed by atoms with Gasteiger partial charge in [-0.25, -0.2) is 4.79 Å². The Kier molecular flexibility index (Phi) is 4.15. The Labute approximate surface area is 170 Å². The van der Waals surface area contributed by atoms with Gasteiger partial charge in [-0.2, -0.15) is 18.3 Å². The Morgan fingerprint density at radius 2 is 1.77 bits per heavy atom. The normalized spacial score (nSPS) is 18.2. The summed E-state index contributed by atoms with van der Waals surface area (Å²) in [6.45, 7) is 4.60. The highest BCUT2D eigenvalue weighted by atomic mass is 19.4. The van der Waals surface area contributed by atoms with Crippen LogP contribution in [0.25, 0.3) is 22.3 Å². The number of carboxylic acids is 1. The molecule has 2 N–H and O–H groups in total. The zero-order valence-electron chi connectivity index (χ0n) is 16.4. The van der Waals surface area contributed by atoms with Crippen molar-refractivity contribution in [2.75, 3.05) is 0 Å². The molecular weight excluding hydrogens is 397 g/mol. The average molecular weight is 416 g/mol.